The Kier molecular flexibility index (Phi) is 3.25. The molecule has 0 radical (unpaired) electrons. The number of aryl methyl sites for hydroxylation is 2. The van der Waals surface area contributed by atoms with Gasteiger partial charge in [-0.1, -0.05) is 12.1 Å². The van der Waals surface area contributed by atoms with E-state index in [4.69, 9.17) is 9.15 Å². The summed E-state index contributed by atoms with van der Waals surface area (Å²) >= 11 is 0. The third-order valence-corrected chi connectivity index (χ3v) is 5.20. The molecule has 2 aromatic carbocycles. The molecule has 2 aromatic heterocycles. The van der Waals surface area contributed by atoms with Crippen LogP contribution in [0.5, 0.6) is 5.75 Å². The van der Waals surface area contributed by atoms with Crippen molar-refractivity contribution in [2.75, 3.05) is 7.11 Å². The van der Waals surface area contributed by atoms with Crippen LogP contribution in [0.15, 0.2) is 59.2 Å². The maximum atomic E-state index is 11.9. The summed E-state index contributed by atoms with van der Waals surface area (Å²) in [6, 6.07) is 16.0. The monoisotopic (exact) mass is 343 g/mol. The van der Waals surface area contributed by atoms with Gasteiger partial charge in [0.1, 0.15) is 11.5 Å². The predicted octanol–water partition coefficient (Wildman–Crippen LogP) is 4.95. The zero-order chi connectivity index (χ0) is 17.7. The lowest BCUT2D eigenvalue weighted by atomic mass is 9.96. The number of nitrogens with zero attached hydrogens (tertiary/aromatic N) is 1. The van der Waals surface area contributed by atoms with Crippen molar-refractivity contribution in [2.45, 2.75) is 13.0 Å². The van der Waals surface area contributed by atoms with E-state index in [-0.39, 0.29) is 0 Å². The second kappa shape index (κ2) is 5.63. The highest BCUT2D eigenvalue weighted by Crippen LogP contribution is 2.40. The van der Waals surface area contributed by atoms with E-state index in [9.17, 15) is 4.79 Å². The Morgan fingerprint density at radius 2 is 2.08 bits per heavy atom. The molecule has 1 aliphatic rings. The van der Waals surface area contributed by atoms with Gasteiger partial charge in [0.25, 0.3) is 0 Å². The minimum Gasteiger partial charge on any atom is -0.497 e. The van der Waals surface area contributed by atoms with E-state index in [2.05, 4.69) is 22.8 Å². The van der Waals surface area contributed by atoms with Crippen molar-refractivity contribution >= 4 is 17.2 Å². The van der Waals surface area contributed by atoms with E-state index >= 15 is 0 Å². The molecule has 4 nitrogen and oxygen atoms in total. The second-order valence-electron chi connectivity index (χ2n) is 6.51. The number of aldehydes is 1. The number of fused-ring (bicyclic) bond motifs is 5. The number of rotatable bonds is 3. The largest absolute Gasteiger partial charge is 0.497 e. The summed E-state index contributed by atoms with van der Waals surface area (Å²) < 4.78 is 13.1. The Balaban J connectivity index is 1.79. The number of benzene rings is 2. The van der Waals surface area contributed by atoms with Crippen LogP contribution in [0.4, 0.5) is 0 Å². The molecule has 0 saturated heterocycles. The summed E-state index contributed by atoms with van der Waals surface area (Å²) in [5.74, 6) is 1.68. The normalized spacial score (nSPS) is 12.7. The van der Waals surface area contributed by atoms with Gasteiger partial charge in [-0.3, -0.25) is 4.79 Å². The lowest BCUT2D eigenvalue weighted by molar-refractivity contribution is 0.112. The molecule has 0 N–H and O–H groups in total. The molecule has 1 aliphatic heterocycles. The van der Waals surface area contributed by atoms with Crippen LogP contribution in [0, 0.1) is 0 Å². The zero-order valence-electron chi connectivity index (χ0n) is 14.4. The Hall–Kier alpha value is -3.27. The van der Waals surface area contributed by atoms with Crippen LogP contribution in [0.3, 0.4) is 0 Å². The molecule has 5 rings (SSSR count). The van der Waals surface area contributed by atoms with Gasteiger partial charge in [0, 0.05) is 34.1 Å². The van der Waals surface area contributed by atoms with Crippen LogP contribution in [0.25, 0.3) is 33.5 Å². The molecule has 0 amide bonds. The first-order valence-corrected chi connectivity index (χ1v) is 8.62. The highest BCUT2D eigenvalue weighted by Gasteiger charge is 2.24. The summed E-state index contributed by atoms with van der Waals surface area (Å²) in [7, 11) is 1.68. The van der Waals surface area contributed by atoms with Gasteiger partial charge < -0.3 is 13.7 Å². The van der Waals surface area contributed by atoms with E-state index in [1.54, 1.807) is 13.4 Å². The summed E-state index contributed by atoms with van der Waals surface area (Å²) in [4.78, 5) is 11.9. The van der Waals surface area contributed by atoms with Crippen molar-refractivity contribution in [2.24, 2.45) is 0 Å². The van der Waals surface area contributed by atoms with Gasteiger partial charge in [0.15, 0.2) is 6.29 Å². The number of carbonyl (C=O) groups excluding carboxylic acids is 1. The van der Waals surface area contributed by atoms with Crippen molar-refractivity contribution in [3.8, 4) is 28.3 Å². The van der Waals surface area contributed by atoms with Crippen LogP contribution >= 0.6 is 0 Å². The predicted molar refractivity (Wildman–Crippen MR) is 101 cm³/mol. The lowest BCUT2D eigenvalue weighted by Crippen LogP contribution is -2.11. The fourth-order valence-corrected chi connectivity index (χ4v) is 3.98. The van der Waals surface area contributed by atoms with E-state index in [1.165, 1.54) is 5.56 Å². The van der Waals surface area contributed by atoms with E-state index in [0.29, 0.717) is 0 Å². The Labute approximate surface area is 150 Å². The number of ether oxygens (including phenoxy) is 1. The quantitative estimate of drug-likeness (QED) is 0.495. The summed E-state index contributed by atoms with van der Waals surface area (Å²) in [6.07, 6.45) is 3.56. The smallest absolute Gasteiger partial charge is 0.152 e. The number of methoxy groups -OCH3 is 1. The minimum absolute atomic E-state index is 0.747. The summed E-state index contributed by atoms with van der Waals surface area (Å²) in [5.41, 5.74) is 6.15. The van der Waals surface area contributed by atoms with Crippen LogP contribution in [0.2, 0.25) is 0 Å². The number of furan rings is 1. The molecule has 0 spiro atoms. The molecule has 4 heteroatoms. The standard InChI is InChI=1S/C22H17NO3/c1-25-16-5-7-17-14(11-16)8-9-23-20-12-15(21-3-2-10-26-21)4-6-18(20)19(13-24)22(17)23/h2-7,10-13H,8-9H2,1H3. The van der Waals surface area contributed by atoms with Crippen LogP contribution in [-0.2, 0) is 13.0 Å². The molecule has 0 fully saturated rings. The third-order valence-electron chi connectivity index (χ3n) is 5.20. The van der Waals surface area contributed by atoms with Crippen molar-refractivity contribution < 1.29 is 13.9 Å². The fourth-order valence-electron chi connectivity index (χ4n) is 3.98. The maximum absolute atomic E-state index is 11.9. The highest BCUT2D eigenvalue weighted by atomic mass is 16.5. The van der Waals surface area contributed by atoms with Gasteiger partial charge in [-0.15, -0.1) is 0 Å². The number of hydrogen-bond donors (Lipinski definition) is 0. The van der Waals surface area contributed by atoms with Crippen molar-refractivity contribution in [3.63, 3.8) is 0 Å². The zero-order valence-corrected chi connectivity index (χ0v) is 14.4. The molecule has 0 saturated carbocycles. The molecule has 128 valence electrons. The SMILES string of the molecule is COc1ccc2c(c1)CCn1c-2c(C=O)c2ccc(-c3ccco3)cc21. The first kappa shape index (κ1) is 15.0. The fraction of sp³-hybridized carbons (Fsp3) is 0.136. The topological polar surface area (TPSA) is 44.4 Å². The molecule has 26 heavy (non-hydrogen) atoms. The molecule has 0 bridgehead atoms. The Morgan fingerprint density at radius 3 is 2.85 bits per heavy atom. The summed E-state index contributed by atoms with van der Waals surface area (Å²) in [5, 5.41) is 0.981. The van der Waals surface area contributed by atoms with E-state index < -0.39 is 0 Å². The minimum atomic E-state index is 0.747. The van der Waals surface area contributed by atoms with Gasteiger partial charge in [0.05, 0.1) is 19.1 Å². The van der Waals surface area contributed by atoms with E-state index in [0.717, 1.165) is 64.0 Å². The van der Waals surface area contributed by atoms with Gasteiger partial charge in [-0.25, -0.2) is 0 Å². The Morgan fingerprint density at radius 1 is 1.15 bits per heavy atom. The molecule has 0 aliphatic carbocycles. The number of carbonyl (C=O) groups is 1. The molecule has 4 aromatic rings. The molecule has 3 heterocycles. The molecule has 0 unspecified atom stereocenters. The van der Waals surface area contributed by atoms with E-state index in [1.807, 2.05) is 30.3 Å². The first-order valence-electron chi connectivity index (χ1n) is 8.62. The lowest BCUT2D eigenvalue weighted by Gasteiger charge is -2.21. The third kappa shape index (κ3) is 2.05. The average molecular weight is 343 g/mol. The Bertz CT molecular complexity index is 1140. The highest BCUT2D eigenvalue weighted by molar-refractivity contribution is 6.06. The molecule has 0 atom stereocenters. The van der Waals surface area contributed by atoms with Crippen LogP contribution in [-0.4, -0.2) is 18.0 Å². The molecular formula is C22H17NO3. The van der Waals surface area contributed by atoms with Crippen molar-refractivity contribution in [1.82, 2.24) is 4.57 Å². The van der Waals surface area contributed by atoms with Crippen molar-refractivity contribution in [3.05, 3.63) is 65.9 Å². The van der Waals surface area contributed by atoms with Crippen LogP contribution in [0.1, 0.15) is 15.9 Å². The number of aromatic nitrogens is 1. The van der Waals surface area contributed by atoms with Gasteiger partial charge in [-0.2, -0.15) is 0 Å². The number of hydrogen-bond acceptors (Lipinski definition) is 3. The van der Waals surface area contributed by atoms with Gasteiger partial charge in [-0.05, 0) is 48.4 Å². The van der Waals surface area contributed by atoms with Crippen LogP contribution < -0.4 is 4.74 Å². The second-order valence-corrected chi connectivity index (χ2v) is 6.51. The van der Waals surface area contributed by atoms with Gasteiger partial charge in [0.2, 0.25) is 0 Å². The average Bonchev–Trinajstić information content (AvgIpc) is 3.33. The first-order chi connectivity index (χ1) is 12.8. The van der Waals surface area contributed by atoms with Crippen molar-refractivity contribution in [1.29, 1.82) is 0 Å². The summed E-state index contributed by atoms with van der Waals surface area (Å²) in [6.45, 7) is 0.835. The molecular weight excluding hydrogens is 326 g/mol. The maximum Gasteiger partial charge on any atom is 0.152 e. The van der Waals surface area contributed by atoms with Gasteiger partial charge >= 0.3 is 0 Å².